The molecule has 6 heteroatoms. The second-order valence-corrected chi connectivity index (χ2v) is 13.1. The average molecular weight is 645 g/mol. The van der Waals surface area contributed by atoms with Gasteiger partial charge in [-0.2, -0.15) is 0 Å². The largest absolute Gasteiger partial charge is 0.461 e. The van der Waals surface area contributed by atoms with Crippen molar-refractivity contribution in [2.24, 2.45) is 0 Å². The predicted molar refractivity (Wildman–Crippen MR) is 195 cm³/mol. The molecule has 0 N–H and O–H groups in total. The highest BCUT2D eigenvalue weighted by Gasteiger charge is 2.13. The van der Waals surface area contributed by atoms with Gasteiger partial charge in [0.15, 0.2) is 0 Å². The van der Waals surface area contributed by atoms with Crippen LogP contribution in [0, 0.1) is 0 Å². The first kappa shape index (κ1) is 42.1. The molecule has 0 saturated heterocycles. The summed E-state index contributed by atoms with van der Waals surface area (Å²) in [7, 11) is 0. The molecule has 0 radical (unpaired) electrons. The molecule has 0 amide bonds. The van der Waals surface area contributed by atoms with Crippen LogP contribution < -0.4 is 0 Å². The van der Waals surface area contributed by atoms with E-state index in [0.717, 1.165) is 39.3 Å². The Morgan fingerprint density at radius 2 is 0.717 bits per heavy atom. The van der Waals surface area contributed by atoms with Crippen molar-refractivity contribution in [1.29, 1.82) is 0 Å². The topological polar surface area (TPSA) is 59.1 Å². The Labute approximate surface area is 284 Å². The molecule has 0 aliphatic carbocycles. The number of ether oxygens (including phenoxy) is 2. The van der Waals surface area contributed by atoms with Crippen LogP contribution in [-0.4, -0.2) is 74.2 Å². The van der Waals surface area contributed by atoms with Crippen LogP contribution in [0.4, 0.5) is 0 Å². The van der Waals surface area contributed by atoms with E-state index >= 15 is 0 Å². The van der Waals surface area contributed by atoms with E-state index in [0.29, 0.717) is 24.3 Å². The van der Waals surface area contributed by atoms with Gasteiger partial charge >= 0.3 is 11.9 Å². The van der Waals surface area contributed by atoms with Gasteiger partial charge in [0.25, 0.3) is 0 Å². The summed E-state index contributed by atoms with van der Waals surface area (Å²) < 4.78 is 11.1. The third kappa shape index (κ3) is 22.6. The molecule has 266 valence electrons. The Kier molecular flexibility index (Phi) is 27.8. The Morgan fingerprint density at radius 3 is 1.00 bits per heavy atom. The Balaban J connectivity index is 2.17. The number of unbranched alkanes of at least 4 members (excludes halogenated alkanes) is 18. The number of carbonyl (C=O) groups excluding carboxylic acids is 2. The second-order valence-electron chi connectivity index (χ2n) is 13.1. The molecule has 0 heterocycles. The van der Waals surface area contributed by atoms with E-state index < -0.39 is 0 Å². The summed E-state index contributed by atoms with van der Waals surface area (Å²) in [6.07, 6.45) is 26.8. The summed E-state index contributed by atoms with van der Waals surface area (Å²) in [6.45, 7) is 15.1. The van der Waals surface area contributed by atoms with Crippen molar-refractivity contribution in [2.45, 2.75) is 156 Å². The fraction of sp³-hybridized carbons (Fsp3) is 0.800. The lowest BCUT2D eigenvalue weighted by Crippen LogP contribution is -2.29. The Morgan fingerprint density at radius 1 is 0.435 bits per heavy atom. The minimum absolute atomic E-state index is 0.347. The molecule has 0 saturated carbocycles. The molecule has 0 bridgehead atoms. The number of hydrogen-bond acceptors (Lipinski definition) is 6. The molecule has 1 rings (SSSR count). The maximum atomic E-state index is 12.6. The molecule has 6 nitrogen and oxygen atoms in total. The first-order valence-corrected chi connectivity index (χ1v) is 19.4. The van der Waals surface area contributed by atoms with E-state index in [2.05, 4.69) is 37.5 Å². The van der Waals surface area contributed by atoms with Crippen molar-refractivity contribution >= 4 is 11.9 Å². The van der Waals surface area contributed by atoms with Gasteiger partial charge in [-0.15, -0.1) is 0 Å². The summed E-state index contributed by atoms with van der Waals surface area (Å²) in [4.78, 5) is 29.8. The number of nitrogens with zero attached hydrogens (tertiary/aromatic N) is 2. The fourth-order valence-corrected chi connectivity index (χ4v) is 5.95. The number of hydrogen-bond donors (Lipinski definition) is 0. The van der Waals surface area contributed by atoms with E-state index in [9.17, 15) is 9.59 Å². The molecule has 0 unspecified atom stereocenters. The third-order valence-corrected chi connectivity index (χ3v) is 9.19. The van der Waals surface area contributed by atoms with Crippen LogP contribution in [0.15, 0.2) is 24.3 Å². The predicted octanol–water partition coefficient (Wildman–Crippen LogP) is 10.5. The average Bonchev–Trinajstić information content (AvgIpc) is 3.08. The highest BCUT2D eigenvalue weighted by Crippen LogP contribution is 2.13. The van der Waals surface area contributed by atoms with Gasteiger partial charge in [0.1, 0.15) is 13.2 Å². The first-order chi connectivity index (χ1) is 22.5. The molecule has 1 aromatic rings. The molecule has 0 aromatic heterocycles. The van der Waals surface area contributed by atoms with Crippen LogP contribution in [0.5, 0.6) is 0 Å². The molecular formula is C40H72N2O4. The molecule has 0 aliphatic heterocycles. The van der Waals surface area contributed by atoms with E-state index in [4.69, 9.17) is 9.47 Å². The van der Waals surface area contributed by atoms with Crippen LogP contribution in [-0.2, 0) is 9.47 Å². The normalized spacial score (nSPS) is 11.4. The summed E-state index contributed by atoms with van der Waals surface area (Å²) in [5.74, 6) is -0.694. The summed E-state index contributed by atoms with van der Waals surface area (Å²) in [6, 6.07) is 6.63. The smallest absolute Gasteiger partial charge is 0.338 e. The van der Waals surface area contributed by atoms with Crippen LogP contribution in [0.1, 0.15) is 177 Å². The van der Waals surface area contributed by atoms with Gasteiger partial charge in [0.05, 0.1) is 11.1 Å². The van der Waals surface area contributed by atoms with Gasteiger partial charge in [-0.25, -0.2) is 9.59 Å². The molecular weight excluding hydrogens is 572 g/mol. The number of rotatable bonds is 32. The third-order valence-electron chi connectivity index (χ3n) is 9.19. The van der Waals surface area contributed by atoms with Gasteiger partial charge in [0, 0.05) is 13.1 Å². The zero-order chi connectivity index (χ0) is 33.5. The molecule has 0 aliphatic rings. The van der Waals surface area contributed by atoms with E-state index in [1.807, 2.05) is 0 Å². The van der Waals surface area contributed by atoms with E-state index in [1.54, 1.807) is 24.3 Å². The Bertz CT molecular complexity index is 775. The lowest BCUT2D eigenvalue weighted by molar-refractivity contribution is 0.0449. The Hall–Kier alpha value is -1.92. The number of carbonyl (C=O) groups is 2. The molecule has 0 spiro atoms. The second kappa shape index (κ2) is 30.4. The van der Waals surface area contributed by atoms with Crippen LogP contribution in [0.2, 0.25) is 0 Å². The maximum Gasteiger partial charge on any atom is 0.338 e. The van der Waals surface area contributed by atoms with Gasteiger partial charge in [-0.05, 0) is 63.3 Å². The fourth-order valence-electron chi connectivity index (χ4n) is 5.95. The summed E-state index contributed by atoms with van der Waals surface area (Å²) in [5.41, 5.74) is 0.922. The SMILES string of the molecule is CCCCCCCCCCCCN(CC)CCOC(=O)c1ccc(C(=O)OCCN(CC)CCCCCCCCCCCC)cc1. The van der Waals surface area contributed by atoms with Gasteiger partial charge < -0.3 is 19.3 Å². The molecule has 46 heavy (non-hydrogen) atoms. The van der Waals surface area contributed by atoms with Crippen LogP contribution in [0.3, 0.4) is 0 Å². The maximum absolute atomic E-state index is 12.6. The van der Waals surface area contributed by atoms with Crippen molar-refractivity contribution in [1.82, 2.24) is 9.80 Å². The lowest BCUT2D eigenvalue weighted by atomic mass is 10.1. The van der Waals surface area contributed by atoms with Crippen LogP contribution in [0.25, 0.3) is 0 Å². The highest BCUT2D eigenvalue weighted by molar-refractivity contribution is 5.93. The molecule has 0 atom stereocenters. The van der Waals surface area contributed by atoms with Gasteiger partial charge in [-0.3, -0.25) is 0 Å². The molecule has 0 fully saturated rings. The zero-order valence-electron chi connectivity index (χ0n) is 30.6. The van der Waals surface area contributed by atoms with Crippen molar-refractivity contribution < 1.29 is 19.1 Å². The monoisotopic (exact) mass is 645 g/mol. The number of esters is 2. The minimum atomic E-state index is -0.347. The quantitative estimate of drug-likeness (QED) is 0.0574. The minimum Gasteiger partial charge on any atom is -0.461 e. The summed E-state index contributed by atoms with van der Waals surface area (Å²) in [5, 5.41) is 0. The zero-order valence-corrected chi connectivity index (χ0v) is 30.6. The summed E-state index contributed by atoms with van der Waals surface area (Å²) >= 11 is 0. The van der Waals surface area contributed by atoms with Crippen LogP contribution >= 0.6 is 0 Å². The first-order valence-electron chi connectivity index (χ1n) is 19.4. The molecule has 1 aromatic carbocycles. The van der Waals surface area contributed by atoms with Crippen molar-refractivity contribution in [2.75, 3.05) is 52.5 Å². The van der Waals surface area contributed by atoms with Gasteiger partial charge in [-0.1, -0.05) is 143 Å². The highest BCUT2D eigenvalue weighted by atomic mass is 16.5. The number of likely N-dealkylation sites (N-methyl/N-ethyl adjacent to an activating group) is 2. The van der Waals surface area contributed by atoms with E-state index in [-0.39, 0.29) is 11.9 Å². The van der Waals surface area contributed by atoms with Crippen molar-refractivity contribution in [3.05, 3.63) is 35.4 Å². The van der Waals surface area contributed by atoms with Gasteiger partial charge in [0.2, 0.25) is 0 Å². The number of benzene rings is 1. The van der Waals surface area contributed by atoms with Crippen molar-refractivity contribution in [3.8, 4) is 0 Å². The van der Waals surface area contributed by atoms with Crippen molar-refractivity contribution in [3.63, 3.8) is 0 Å². The van der Waals surface area contributed by atoms with E-state index in [1.165, 1.54) is 128 Å². The lowest BCUT2D eigenvalue weighted by Gasteiger charge is -2.20. The standard InChI is InChI=1S/C40H72N2O4/c1-5-9-11-13-15-17-19-21-23-25-31-41(7-3)33-35-45-39(43)37-27-29-38(30-28-37)40(44)46-36-34-42(8-4)32-26-24-22-20-18-16-14-12-10-6-2/h27-30H,5-26,31-36H2,1-4H3.